The normalized spacial score (nSPS) is 22.9. The van der Waals surface area contributed by atoms with Crippen molar-refractivity contribution in [3.05, 3.63) is 48.0 Å². The van der Waals surface area contributed by atoms with Crippen LogP contribution in [0.4, 0.5) is 0 Å². The van der Waals surface area contributed by atoms with Gasteiger partial charge in [-0.2, -0.15) is 0 Å². The zero-order valence-corrected chi connectivity index (χ0v) is 11.9. The molecule has 1 heterocycles. The third kappa shape index (κ3) is 2.48. The molecule has 2 aromatic carbocycles. The quantitative estimate of drug-likeness (QED) is 0.843. The fourth-order valence-electron chi connectivity index (χ4n) is 2.96. The average Bonchev–Trinajstić information content (AvgIpc) is 2.48. The summed E-state index contributed by atoms with van der Waals surface area (Å²) in [6, 6.07) is 14.4. The van der Waals surface area contributed by atoms with Crippen molar-refractivity contribution < 1.29 is 9.53 Å². The lowest BCUT2D eigenvalue weighted by Crippen LogP contribution is -2.42. The Morgan fingerprint density at radius 3 is 2.75 bits per heavy atom. The number of benzene rings is 2. The molecule has 0 bridgehead atoms. The number of ketones is 1. The van der Waals surface area contributed by atoms with Crippen molar-refractivity contribution in [3.8, 4) is 0 Å². The van der Waals surface area contributed by atoms with E-state index in [0.717, 1.165) is 24.8 Å². The van der Waals surface area contributed by atoms with E-state index in [1.54, 1.807) is 0 Å². The maximum Gasteiger partial charge on any atom is 0.168 e. The highest BCUT2D eigenvalue weighted by Gasteiger charge is 2.35. The Kier molecular flexibility index (Phi) is 3.58. The van der Waals surface area contributed by atoms with Gasteiger partial charge in [0.1, 0.15) is 5.60 Å². The molecule has 1 atom stereocenters. The molecule has 0 aromatic heterocycles. The summed E-state index contributed by atoms with van der Waals surface area (Å²) in [4.78, 5) is 12.6. The van der Waals surface area contributed by atoms with Gasteiger partial charge in [0.2, 0.25) is 0 Å². The number of rotatable bonds is 3. The molecular weight excluding hydrogens is 248 g/mol. The second-order valence-corrected chi connectivity index (χ2v) is 5.77. The molecule has 1 aliphatic rings. The molecule has 2 nitrogen and oxygen atoms in total. The number of ether oxygens (including phenoxy) is 1. The van der Waals surface area contributed by atoms with Crippen molar-refractivity contribution in [3.63, 3.8) is 0 Å². The number of carbonyl (C=O) groups is 1. The van der Waals surface area contributed by atoms with Crippen molar-refractivity contribution >= 4 is 16.6 Å². The SMILES string of the molecule is CC1(C(=O)Cc2cccc3ccccc23)CCCCO1. The lowest BCUT2D eigenvalue weighted by Gasteiger charge is -2.32. The monoisotopic (exact) mass is 268 g/mol. The van der Waals surface area contributed by atoms with Gasteiger partial charge in [-0.3, -0.25) is 4.79 Å². The van der Waals surface area contributed by atoms with E-state index in [1.165, 1.54) is 10.8 Å². The summed E-state index contributed by atoms with van der Waals surface area (Å²) < 4.78 is 5.76. The zero-order valence-electron chi connectivity index (χ0n) is 11.9. The van der Waals surface area contributed by atoms with E-state index in [9.17, 15) is 4.79 Å². The standard InChI is InChI=1S/C18H20O2/c1-18(11-4-5-12-20-18)17(19)13-15-9-6-8-14-7-2-3-10-16(14)15/h2-3,6-10H,4-5,11-13H2,1H3. The van der Waals surface area contributed by atoms with Crippen LogP contribution in [0.1, 0.15) is 31.7 Å². The van der Waals surface area contributed by atoms with Crippen molar-refractivity contribution in [2.24, 2.45) is 0 Å². The molecule has 0 radical (unpaired) electrons. The Bertz CT molecular complexity index is 619. The Morgan fingerprint density at radius 1 is 1.15 bits per heavy atom. The highest BCUT2D eigenvalue weighted by Crippen LogP contribution is 2.28. The van der Waals surface area contributed by atoms with Crippen LogP contribution in [0.15, 0.2) is 42.5 Å². The summed E-state index contributed by atoms with van der Waals surface area (Å²) in [6.07, 6.45) is 3.45. The third-order valence-corrected chi connectivity index (χ3v) is 4.29. The predicted molar refractivity (Wildman–Crippen MR) is 80.9 cm³/mol. The van der Waals surface area contributed by atoms with E-state index in [2.05, 4.69) is 18.2 Å². The number of hydrogen-bond acceptors (Lipinski definition) is 2. The van der Waals surface area contributed by atoms with E-state index in [4.69, 9.17) is 4.74 Å². The van der Waals surface area contributed by atoms with Crippen molar-refractivity contribution in [1.29, 1.82) is 0 Å². The van der Waals surface area contributed by atoms with Crippen LogP contribution in [-0.4, -0.2) is 18.0 Å². The first-order valence-corrected chi connectivity index (χ1v) is 7.33. The smallest absolute Gasteiger partial charge is 0.168 e. The van der Waals surface area contributed by atoms with Crippen LogP contribution in [0.25, 0.3) is 10.8 Å². The summed E-state index contributed by atoms with van der Waals surface area (Å²) in [5, 5.41) is 2.36. The number of carbonyl (C=O) groups excluding carboxylic acids is 1. The van der Waals surface area contributed by atoms with Crippen LogP contribution in [0.2, 0.25) is 0 Å². The van der Waals surface area contributed by atoms with Gasteiger partial charge in [-0.05, 0) is 42.5 Å². The maximum absolute atomic E-state index is 12.6. The molecule has 3 rings (SSSR count). The lowest BCUT2D eigenvalue weighted by molar-refractivity contribution is -0.147. The van der Waals surface area contributed by atoms with Gasteiger partial charge >= 0.3 is 0 Å². The van der Waals surface area contributed by atoms with Crippen molar-refractivity contribution in [1.82, 2.24) is 0 Å². The van der Waals surface area contributed by atoms with Gasteiger partial charge in [-0.1, -0.05) is 42.5 Å². The molecule has 20 heavy (non-hydrogen) atoms. The molecule has 0 amide bonds. The van der Waals surface area contributed by atoms with Gasteiger partial charge in [0.05, 0.1) is 0 Å². The minimum atomic E-state index is -0.588. The summed E-state index contributed by atoms with van der Waals surface area (Å²) in [6.45, 7) is 2.65. The molecule has 2 heteroatoms. The number of fused-ring (bicyclic) bond motifs is 1. The molecule has 0 spiro atoms. The van der Waals surface area contributed by atoms with Gasteiger partial charge in [0.25, 0.3) is 0 Å². The van der Waals surface area contributed by atoms with Gasteiger partial charge in [0, 0.05) is 13.0 Å². The first-order chi connectivity index (χ1) is 9.69. The minimum Gasteiger partial charge on any atom is -0.367 e. The number of hydrogen-bond donors (Lipinski definition) is 0. The predicted octanol–water partition coefficient (Wildman–Crippen LogP) is 3.91. The maximum atomic E-state index is 12.6. The molecule has 1 fully saturated rings. The van der Waals surface area contributed by atoms with E-state index in [-0.39, 0.29) is 5.78 Å². The average molecular weight is 268 g/mol. The summed E-state index contributed by atoms with van der Waals surface area (Å²) >= 11 is 0. The Hall–Kier alpha value is -1.67. The molecule has 0 N–H and O–H groups in total. The molecule has 2 aromatic rings. The first kappa shape index (κ1) is 13.3. The fourth-order valence-corrected chi connectivity index (χ4v) is 2.96. The Labute approximate surface area is 119 Å². The second kappa shape index (κ2) is 5.37. The van der Waals surface area contributed by atoms with Crippen LogP contribution in [0, 0.1) is 0 Å². The van der Waals surface area contributed by atoms with Crippen LogP contribution < -0.4 is 0 Å². The van der Waals surface area contributed by atoms with E-state index in [1.807, 2.05) is 31.2 Å². The van der Waals surface area contributed by atoms with Crippen LogP contribution in [0.5, 0.6) is 0 Å². The Balaban J connectivity index is 1.87. The molecular formula is C18H20O2. The fraction of sp³-hybridized carbons (Fsp3) is 0.389. The zero-order chi connectivity index (χ0) is 14.0. The topological polar surface area (TPSA) is 26.3 Å². The van der Waals surface area contributed by atoms with E-state index >= 15 is 0 Å². The first-order valence-electron chi connectivity index (χ1n) is 7.33. The van der Waals surface area contributed by atoms with Gasteiger partial charge in [0.15, 0.2) is 5.78 Å². The second-order valence-electron chi connectivity index (χ2n) is 5.77. The van der Waals surface area contributed by atoms with Crippen molar-refractivity contribution in [2.45, 2.75) is 38.2 Å². The largest absolute Gasteiger partial charge is 0.367 e. The van der Waals surface area contributed by atoms with Crippen molar-refractivity contribution in [2.75, 3.05) is 6.61 Å². The summed E-state index contributed by atoms with van der Waals surface area (Å²) in [7, 11) is 0. The summed E-state index contributed by atoms with van der Waals surface area (Å²) in [5.41, 5.74) is 0.512. The molecule has 0 saturated carbocycles. The molecule has 1 aliphatic heterocycles. The van der Waals surface area contributed by atoms with E-state index < -0.39 is 5.60 Å². The summed E-state index contributed by atoms with van der Waals surface area (Å²) in [5.74, 6) is 0.202. The van der Waals surface area contributed by atoms with Gasteiger partial charge in [-0.25, -0.2) is 0 Å². The van der Waals surface area contributed by atoms with Crippen LogP contribution in [0.3, 0.4) is 0 Å². The lowest BCUT2D eigenvalue weighted by atomic mass is 9.87. The highest BCUT2D eigenvalue weighted by molar-refractivity contribution is 5.94. The van der Waals surface area contributed by atoms with Crippen LogP contribution in [-0.2, 0) is 16.0 Å². The molecule has 1 saturated heterocycles. The number of Topliss-reactive ketones (excluding diaryl/α,β-unsaturated/α-hetero) is 1. The highest BCUT2D eigenvalue weighted by atomic mass is 16.5. The molecule has 0 aliphatic carbocycles. The molecule has 1 unspecified atom stereocenters. The Morgan fingerprint density at radius 2 is 1.95 bits per heavy atom. The van der Waals surface area contributed by atoms with Gasteiger partial charge < -0.3 is 4.74 Å². The van der Waals surface area contributed by atoms with Crippen LogP contribution >= 0.6 is 0 Å². The minimum absolute atomic E-state index is 0.202. The van der Waals surface area contributed by atoms with E-state index in [0.29, 0.717) is 13.0 Å². The third-order valence-electron chi connectivity index (χ3n) is 4.29. The van der Waals surface area contributed by atoms with Gasteiger partial charge in [-0.15, -0.1) is 0 Å². The molecule has 104 valence electrons.